The molecule has 0 aliphatic heterocycles. The second-order valence-corrected chi connectivity index (χ2v) is 3.24. The van der Waals surface area contributed by atoms with Gasteiger partial charge in [0.25, 0.3) is 6.43 Å². The highest BCUT2D eigenvalue weighted by molar-refractivity contribution is 9.10. The first kappa shape index (κ1) is 11.0. The normalized spacial score (nSPS) is 10.3. The Morgan fingerprint density at radius 3 is 2.71 bits per heavy atom. The molecule has 1 aromatic rings. The van der Waals surface area contributed by atoms with Gasteiger partial charge in [0, 0.05) is 6.07 Å². The second-order valence-electron chi connectivity index (χ2n) is 2.42. The molecule has 0 saturated heterocycles. The molecule has 14 heavy (non-hydrogen) atoms. The highest BCUT2D eigenvalue weighted by atomic mass is 79.9. The van der Waals surface area contributed by atoms with Gasteiger partial charge in [-0.25, -0.2) is 18.2 Å². The number of halogens is 4. The molecule has 0 N–H and O–H groups in total. The molecule has 0 amide bonds. The fourth-order valence-corrected chi connectivity index (χ4v) is 1.40. The number of pyridine rings is 1. The summed E-state index contributed by atoms with van der Waals surface area (Å²) in [6, 6.07) is 2.50. The fourth-order valence-electron chi connectivity index (χ4n) is 0.981. The molecular formula is C8H4BrF3N2. The quantitative estimate of drug-likeness (QED) is 0.771. The third-order valence-electron chi connectivity index (χ3n) is 1.52. The van der Waals surface area contributed by atoms with Gasteiger partial charge in [-0.05, 0) is 15.9 Å². The lowest BCUT2D eigenvalue weighted by molar-refractivity contribution is 0.144. The highest BCUT2D eigenvalue weighted by Crippen LogP contribution is 2.27. The van der Waals surface area contributed by atoms with Crippen molar-refractivity contribution < 1.29 is 13.2 Å². The van der Waals surface area contributed by atoms with E-state index in [9.17, 15) is 13.2 Å². The first-order chi connectivity index (χ1) is 6.56. The van der Waals surface area contributed by atoms with Crippen molar-refractivity contribution in [1.82, 2.24) is 4.98 Å². The van der Waals surface area contributed by atoms with Gasteiger partial charge in [-0.1, -0.05) is 0 Å². The number of nitrogens with zero attached hydrogens (tertiary/aromatic N) is 2. The van der Waals surface area contributed by atoms with Crippen LogP contribution in [0, 0.1) is 17.1 Å². The van der Waals surface area contributed by atoms with Crippen molar-refractivity contribution in [2.45, 2.75) is 12.8 Å². The van der Waals surface area contributed by atoms with Gasteiger partial charge in [-0.2, -0.15) is 5.26 Å². The standard InChI is InChI=1S/C8H4BrF3N2/c9-6-3-4(10)7(8(11)12)5(14-6)1-2-13/h3,8H,1H2. The zero-order chi connectivity index (χ0) is 10.7. The van der Waals surface area contributed by atoms with Crippen LogP contribution in [0.3, 0.4) is 0 Å². The van der Waals surface area contributed by atoms with E-state index in [1.807, 2.05) is 0 Å². The van der Waals surface area contributed by atoms with E-state index in [0.29, 0.717) is 0 Å². The first-order valence-electron chi connectivity index (χ1n) is 3.56. The summed E-state index contributed by atoms with van der Waals surface area (Å²) in [6.07, 6.45) is -3.30. The number of rotatable bonds is 2. The Bertz CT molecular complexity index is 387. The molecule has 6 heteroatoms. The van der Waals surface area contributed by atoms with Gasteiger partial charge in [0.15, 0.2) is 0 Å². The van der Waals surface area contributed by atoms with E-state index in [1.54, 1.807) is 6.07 Å². The van der Waals surface area contributed by atoms with E-state index in [0.717, 1.165) is 6.07 Å². The summed E-state index contributed by atoms with van der Waals surface area (Å²) in [5.41, 5.74) is -1.02. The molecule has 0 atom stereocenters. The summed E-state index contributed by atoms with van der Waals surface area (Å²) in [7, 11) is 0. The summed E-state index contributed by atoms with van der Waals surface area (Å²) in [6.45, 7) is 0. The van der Waals surface area contributed by atoms with Crippen molar-refractivity contribution in [1.29, 1.82) is 5.26 Å². The van der Waals surface area contributed by atoms with Crippen molar-refractivity contribution in [3.8, 4) is 6.07 Å². The fraction of sp³-hybridized carbons (Fsp3) is 0.250. The highest BCUT2D eigenvalue weighted by Gasteiger charge is 2.20. The summed E-state index contributed by atoms with van der Waals surface area (Å²) >= 11 is 2.86. The third-order valence-corrected chi connectivity index (χ3v) is 1.93. The molecule has 0 saturated carbocycles. The van der Waals surface area contributed by atoms with Crippen molar-refractivity contribution in [2.24, 2.45) is 0 Å². The third kappa shape index (κ3) is 2.23. The number of alkyl halides is 2. The van der Waals surface area contributed by atoms with E-state index in [2.05, 4.69) is 20.9 Å². The Labute approximate surface area is 86.5 Å². The van der Waals surface area contributed by atoms with Gasteiger partial charge in [0.2, 0.25) is 0 Å². The van der Waals surface area contributed by atoms with Crippen LogP contribution in [0.5, 0.6) is 0 Å². The minimum atomic E-state index is -2.96. The molecule has 1 aromatic heterocycles. The van der Waals surface area contributed by atoms with Gasteiger partial charge in [-0.15, -0.1) is 0 Å². The lowest BCUT2D eigenvalue weighted by Crippen LogP contribution is -2.02. The lowest BCUT2D eigenvalue weighted by Gasteiger charge is -2.06. The summed E-state index contributed by atoms with van der Waals surface area (Å²) < 4.78 is 37.8. The van der Waals surface area contributed by atoms with Gasteiger partial charge in [0.05, 0.1) is 23.7 Å². The van der Waals surface area contributed by atoms with Gasteiger partial charge >= 0.3 is 0 Å². The Morgan fingerprint density at radius 1 is 1.57 bits per heavy atom. The number of nitriles is 1. The number of hydrogen-bond acceptors (Lipinski definition) is 2. The van der Waals surface area contributed by atoms with E-state index >= 15 is 0 Å². The number of aromatic nitrogens is 1. The van der Waals surface area contributed by atoms with Crippen molar-refractivity contribution in [2.75, 3.05) is 0 Å². The maximum absolute atomic E-state index is 13.0. The van der Waals surface area contributed by atoms with Crippen LogP contribution in [0.1, 0.15) is 17.7 Å². The predicted molar refractivity (Wildman–Crippen MR) is 46.2 cm³/mol. The van der Waals surface area contributed by atoms with Crippen molar-refractivity contribution in [3.05, 3.63) is 27.7 Å². The Kier molecular flexibility index (Phi) is 3.47. The largest absolute Gasteiger partial charge is 0.268 e. The Morgan fingerprint density at radius 2 is 2.21 bits per heavy atom. The molecule has 2 nitrogen and oxygen atoms in total. The Balaban J connectivity index is 3.30. The lowest BCUT2D eigenvalue weighted by atomic mass is 10.1. The van der Waals surface area contributed by atoms with Crippen LogP contribution in [0.25, 0.3) is 0 Å². The summed E-state index contributed by atoms with van der Waals surface area (Å²) in [4.78, 5) is 3.62. The van der Waals surface area contributed by atoms with Crippen LogP contribution in [-0.4, -0.2) is 4.98 Å². The molecule has 74 valence electrons. The van der Waals surface area contributed by atoms with E-state index in [-0.39, 0.29) is 16.7 Å². The molecular weight excluding hydrogens is 261 g/mol. The van der Waals surface area contributed by atoms with E-state index < -0.39 is 17.8 Å². The molecule has 0 aliphatic carbocycles. The van der Waals surface area contributed by atoms with Crippen molar-refractivity contribution in [3.63, 3.8) is 0 Å². The van der Waals surface area contributed by atoms with Gasteiger partial charge < -0.3 is 0 Å². The SMILES string of the molecule is N#CCc1nc(Br)cc(F)c1C(F)F. The van der Waals surface area contributed by atoms with Crippen LogP contribution in [0.15, 0.2) is 10.7 Å². The molecule has 0 fully saturated rings. The topological polar surface area (TPSA) is 36.7 Å². The molecule has 0 bridgehead atoms. The maximum Gasteiger partial charge on any atom is 0.268 e. The van der Waals surface area contributed by atoms with Crippen LogP contribution in [0.2, 0.25) is 0 Å². The molecule has 1 rings (SSSR count). The van der Waals surface area contributed by atoms with Gasteiger partial charge in [0.1, 0.15) is 10.4 Å². The molecule has 0 aliphatic rings. The van der Waals surface area contributed by atoms with Crippen LogP contribution in [0.4, 0.5) is 13.2 Å². The van der Waals surface area contributed by atoms with E-state index in [4.69, 9.17) is 5.26 Å². The Hall–Kier alpha value is -1.09. The predicted octanol–water partition coefficient (Wildman–Crippen LogP) is 2.99. The second kappa shape index (κ2) is 4.42. The average molecular weight is 265 g/mol. The maximum atomic E-state index is 13.0. The minimum Gasteiger partial charge on any atom is -0.244 e. The summed E-state index contributed by atoms with van der Waals surface area (Å²) in [5, 5.41) is 8.34. The zero-order valence-corrected chi connectivity index (χ0v) is 8.35. The van der Waals surface area contributed by atoms with Crippen LogP contribution in [-0.2, 0) is 6.42 Å². The summed E-state index contributed by atoms with van der Waals surface area (Å²) in [5.74, 6) is -1.05. The smallest absolute Gasteiger partial charge is 0.244 e. The molecule has 0 spiro atoms. The molecule has 0 unspecified atom stereocenters. The van der Waals surface area contributed by atoms with Crippen molar-refractivity contribution >= 4 is 15.9 Å². The monoisotopic (exact) mass is 264 g/mol. The molecule has 0 aromatic carbocycles. The average Bonchev–Trinajstić information content (AvgIpc) is 2.01. The van der Waals surface area contributed by atoms with Crippen LogP contribution < -0.4 is 0 Å². The van der Waals surface area contributed by atoms with Crippen LogP contribution >= 0.6 is 15.9 Å². The zero-order valence-electron chi connectivity index (χ0n) is 6.77. The first-order valence-corrected chi connectivity index (χ1v) is 4.35. The minimum absolute atomic E-state index is 0.102. The van der Waals surface area contributed by atoms with Gasteiger partial charge in [-0.3, -0.25) is 0 Å². The molecule has 1 heterocycles. The van der Waals surface area contributed by atoms with E-state index in [1.165, 1.54) is 0 Å². The number of hydrogen-bond donors (Lipinski definition) is 0. The molecule has 0 radical (unpaired) electrons.